The Labute approximate surface area is 111 Å². The van der Waals surface area contributed by atoms with Gasteiger partial charge in [0.25, 0.3) is 0 Å². The number of carbonyl (C=O) groups excluding carboxylic acids is 1. The number of nitrogens with one attached hydrogen (secondary N) is 1. The fourth-order valence-electron chi connectivity index (χ4n) is 1.90. The van der Waals surface area contributed by atoms with Crippen LogP contribution < -0.4 is 5.32 Å². The predicted molar refractivity (Wildman–Crippen MR) is 73.3 cm³/mol. The molecule has 4 heteroatoms. The molecule has 0 aliphatic carbocycles. The zero-order chi connectivity index (χ0) is 12.1. The maximum absolute atomic E-state index is 11.8. The zero-order valence-electron chi connectivity index (χ0n) is 9.62. The minimum absolute atomic E-state index is 0.186. The number of hydrogen-bond acceptors (Lipinski definition) is 2. The van der Waals surface area contributed by atoms with Crippen molar-refractivity contribution in [2.45, 2.75) is 18.8 Å². The summed E-state index contributed by atoms with van der Waals surface area (Å²) >= 11 is 7.64. The number of thioether (sulfide) groups is 1. The summed E-state index contributed by atoms with van der Waals surface area (Å²) in [4.78, 5) is 11.8. The average molecular weight is 270 g/mol. The van der Waals surface area contributed by atoms with Gasteiger partial charge in [0.05, 0.1) is 0 Å². The molecule has 1 unspecified atom stereocenters. The lowest BCUT2D eigenvalue weighted by Gasteiger charge is -2.10. The summed E-state index contributed by atoms with van der Waals surface area (Å²) in [5.74, 6) is 2.98. The summed E-state index contributed by atoms with van der Waals surface area (Å²) < 4.78 is 0. The summed E-state index contributed by atoms with van der Waals surface area (Å²) in [5, 5.41) is 3.00. The highest BCUT2D eigenvalue weighted by Crippen LogP contribution is 2.23. The maximum atomic E-state index is 11.8. The van der Waals surface area contributed by atoms with Gasteiger partial charge in [0.15, 0.2) is 0 Å². The van der Waals surface area contributed by atoms with Crippen LogP contribution in [-0.4, -0.2) is 17.4 Å². The van der Waals surface area contributed by atoms with E-state index in [2.05, 4.69) is 5.32 Å². The fraction of sp³-hybridized carbons (Fsp3) is 0.462. The van der Waals surface area contributed by atoms with Crippen LogP contribution in [0.3, 0.4) is 0 Å². The van der Waals surface area contributed by atoms with Gasteiger partial charge in [0.1, 0.15) is 0 Å². The lowest BCUT2D eigenvalue weighted by Crippen LogP contribution is -2.30. The first kappa shape index (κ1) is 12.8. The van der Waals surface area contributed by atoms with Crippen LogP contribution in [0.5, 0.6) is 0 Å². The third kappa shape index (κ3) is 3.65. The second-order valence-electron chi connectivity index (χ2n) is 4.23. The molecule has 1 heterocycles. The highest BCUT2D eigenvalue weighted by atomic mass is 35.5. The van der Waals surface area contributed by atoms with Crippen LogP contribution in [-0.2, 0) is 17.2 Å². The largest absolute Gasteiger partial charge is 0.352 e. The molecule has 2 rings (SSSR count). The van der Waals surface area contributed by atoms with E-state index in [1.54, 1.807) is 0 Å². The van der Waals surface area contributed by atoms with Crippen molar-refractivity contribution in [3.8, 4) is 0 Å². The summed E-state index contributed by atoms with van der Waals surface area (Å²) in [5.41, 5.74) is 2.21. The Kier molecular flexibility index (Phi) is 4.75. The Morgan fingerprint density at radius 3 is 3.00 bits per heavy atom. The molecule has 0 bridgehead atoms. The van der Waals surface area contributed by atoms with E-state index in [4.69, 9.17) is 11.6 Å². The second kappa shape index (κ2) is 6.31. The van der Waals surface area contributed by atoms with E-state index >= 15 is 0 Å². The molecular formula is C13H16ClNOS. The number of benzene rings is 1. The number of alkyl halides is 1. The van der Waals surface area contributed by atoms with Crippen molar-refractivity contribution in [3.63, 3.8) is 0 Å². The minimum atomic E-state index is 0.186. The first-order valence-corrected chi connectivity index (χ1v) is 7.48. The van der Waals surface area contributed by atoms with Crippen molar-refractivity contribution < 1.29 is 4.79 Å². The smallest absolute Gasteiger partial charge is 0.224 e. The van der Waals surface area contributed by atoms with E-state index < -0.39 is 0 Å². The van der Waals surface area contributed by atoms with Gasteiger partial charge >= 0.3 is 0 Å². The number of rotatable bonds is 4. The van der Waals surface area contributed by atoms with Crippen molar-refractivity contribution in [3.05, 3.63) is 35.4 Å². The van der Waals surface area contributed by atoms with Crippen LogP contribution in [0.15, 0.2) is 24.3 Å². The highest BCUT2D eigenvalue weighted by Gasteiger charge is 2.22. The van der Waals surface area contributed by atoms with Gasteiger partial charge in [-0.3, -0.25) is 4.79 Å². The van der Waals surface area contributed by atoms with E-state index in [0.717, 1.165) is 29.1 Å². The monoisotopic (exact) mass is 269 g/mol. The maximum Gasteiger partial charge on any atom is 0.224 e. The molecule has 17 heavy (non-hydrogen) atoms. The molecular weight excluding hydrogens is 254 g/mol. The molecule has 1 saturated heterocycles. The predicted octanol–water partition coefficient (Wildman–Crippen LogP) is 2.79. The quantitative estimate of drug-likeness (QED) is 0.852. The number of amides is 1. The molecule has 0 spiro atoms. The van der Waals surface area contributed by atoms with Crippen LogP contribution in [0.4, 0.5) is 0 Å². The van der Waals surface area contributed by atoms with Gasteiger partial charge < -0.3 is 5.32 Å². The van der Waals surface area contributed by atoms with Gasteiger partial charge in [0, 0.05) is 24.1 Å². The van der Waals surface area contributed by atoms with Gasteiger partial charge in [-0.1, -0.05) is 24.3 Å². The lowest BCUT2D eigenvalue weighted by molar-refractivity contribution is -0.124. The first-order chi connectivity index (χ1) is 8.29. The molecule has 1 aromatic carbocycles. The third-order valence-electron chi connectivity index (χ3n) is 2.91. The fourth-order valence-corrected chi connectivity index (χ4v) is 3.28. The minimum Gasteiger partial charge on any atom is -0.352 e. The van der Waals surface area contributed by atoms with Crippen molar-refractivity contribution in [1.29, 1.82) is 0 Å². The van der Waals surface area contributed by atoms with E-state index in [1.165, 1.54) is 0 Å². The topological polar surface area (TPSA) is 29.1 Å². The average Bonchev–Trinajstić information content (AvgIpc) is 2.90. The molecule has 1 aliphatic rings. The number of carbonyl (C=O) groups is 1. The Hall–Kier alpha value is -0.670. The summed E-state index contributed by atoms with van der Waals surface area (Å²) in [6, 6.07) is 8.02. The van der Waals surface area contributed by atoms with E-state index in [0.29, 0.717) is 12.4 Å². The van der Waals surface area contributed by atoms with Crippen molar-refractivity contribution >= 4 is 29.3 Å². The van der Waals surface area contributed by atoms with Crippen molar-refractivity contribution in [1.82, 2.24) is 5.32 Å². The molecule has 1 aromatic rings. The summed E-state index contributed by atoms with van der Waals surface area (Å²) in [6.45, 7) is 0.602. The van der Waals surface area contributed by atoms with Gasteiger partial charge in [-0.15, -0.1) is 11.6 Å². The Morgan fingerprint density at radius 1 is 1.47 bits per heavy atom. The van der Waals surface area contributed by atoms with Crippen molar-refractivity contribution in [2.75, 3.05) is 11.5 Å². The first-order valence-electron chi connectivity index (χ1n) is 5.79. The molecule has 1 fully saturated rings. The molecule has 1 atom stereocenters. The van der Waals surface area contributed by atoms with Gasteiger partial charge in [-0.25, -0.2) is 0 Å². The molecule has 0 radical (unpaired) electrons. The van der Waals surface area contributed by atoms with Crippen molar-refractivity contribution in [2.24, 2.45) is 5.92 Å². The molecule has 1 aliphatic heterocycles. The Bertz CT molecular complexity index is 391. The molecule has 2 nitrogen and oxygen atoms in total. The normalized spacial score (nSPS) is 19.2. The highest BCUT2D eigenvalue weighted by molar-refractivity contribution is 7.99. The van der Waals surface area contributed by atoms with Crippen LogP contribution in [0.2, 0.25) is 0 Å². The van der Waals surface area contributed by atoms with E-state index in [-0.39, 0.29) is 11.8 Å². The molecule has 0 aromatic heterocycles. The molecule has 0 saturated carbocycles. The molecule has 1 amide bonds. The zero-order valence-corrected chi connectivity index (χ0v) is 11.2. The van der Waals surface area contributed by atoms with Crippen LogP contribution in [0.1, 0.15) is 17.5 Å². The van der Waals surface area contributed by atoms with Gasteiger partial charge in [0.2, 0.25) is 5.91 Å². The molecule has 92 valence electrons. The summed E-state index contributed by atoms with van der Waals surface area (Å²) in [6.07, 6.45) is 1.01. The van der Waals surface area contributed by atoms with Crippen LogP contribution >= 0.6 is 23.4 Å². The number of halogens is 1. The van der Waals surface area contributed by atoms with Gasteiger partial charge in [-0.2, -0.15) is 11.8 Å². The summed E-state index contributed by atoms with van der Waals surface area (Å²) in [7, 11) is 0. The van der Waals surface area contributed by atoms with Crippen LogP contribution in [0, 0.1) is 5.92 Å². The lowest BCUT2D eigenvalue weighted by atomic mass is 10.1. The van der Waals surface area contributed by atoms with Gasteiger partial charge in [-0.05, 0) is 23.3 Å². The van der Waals surface area contributed by atoms with E-state index in [1.807, 2.05) is 36.0 Å². The third-order valence-corrected chi connectivity index (χ3v) is 4.38. The standard InChI is InChI=1S/C13H16ClNOS/c14-7-10-2-1-3-11(6-10)8-15-13(16)12-4-5-17-9-12/h1-3,6,12H,4-5,7-9H2,(H,15,16). The SMILES string of the molecule is O=C(NCc1cccc(CCl)c1)C1CCSC1. The van der Waals surface area contributed by atoms with Crippen LogP contribution in [0.25, 0.3) is 0 Å². The molecule has 1 N–H and O–H groups in total. The number of hydrogen-bond donors (Lipinski definition) is 1. The van der Waals surface area contributed by atoms with E-state index in [9.17, 15) is 4.79 Å². The Morgan fingerprint density at radius 2 is 2.29 bits per heavy atom. The second-order valence-corrected chi connectivity index (χ2v) is 5.65. The Balaban J connectivity index is 1.86.